The van der Waals surface area contributed by atoms with E-state index in [-0.39, 0.29) is 5.41 Å². The lowest BCUT2D eigenvalue weighted by Gasteiger charge is -2.32. The van der Waals surface area contributed by atoms with Gasteiger partial charge >= 0.3 is 0 Å². The first-order valence-electron chi connectivity index (χ1n) is 6.29. The van der Waals surface area contributed by atoms with Crippen molar-refractivity contribution in [1.29, 1.82) is 0 Å². The number of amides is 1. The first-order valence-corrected chi connectivity index (χ1v) is 6.29. The molecule has 0 saturated carbocycles. The second-order valence-electron chi connectivity index (χ2n) is 4.93. The lowest BCUT2D eigenvalue weighted by Crippen LogP contribution is -2.42. The first-order chi connectivity index (χ1) is 7.28. The van der Waals surface area contributed by atoms with Gasteiger partial charge in [-0.15, -0.1) is 0 Å². The van der Waals surface area contributed by atoms with Gasteiger partial charge in [0.1, 0.15) is 0 Å². The van der Waals surface area contributed by atoms with E-state index in [1.807, 2.05) is 0 Å². The van der Waals surface area contributed by atoms with Gasteiger partial charge in [0, 0.05) is 13.1 Å². The summed E-state index contributed by atoms with van der Waals surface area (Å²) < 4.78 is 0. The molecule has 0 aromatic carbocycles. The van der Waals surface area contributed by atoms with E-state index < -0.39 is 0 Å². The molecule has 3 nitrogen and oxygen atoms in total. The average molecular weight is 210 g/mol. The minimum absolute atomic E-state index is 0.0268. The van der Waals surface area contributed by atoms with Gasteiger partial charge in [0.05, 0.1) is 5.41 Å². The van der Waals surface area contributed by atoms with Crippen LogP contribution in [0.3, 0.4) is 0 Å². The maximum absolute atomic E-state index is 12.3. The smallest absolute Gasteiger partial charge is 0.228 e. The van der Waals surface area contributed by atoms with Crippen LogP contribution in [0.25, 0.3) is 0 Å². The fourth-order valence-electron chi connectivity index (χ4n) is 2.82. The van der Waals surface area contributed by atoms with Crippen molar-refractivity contribution >= 4 is 5.91 Å². The van der Waals surface area contributed by atoms with Crippen LogP contribution in [0, 0.1) is 5.41 Å². The number of likely N-dealkylation sites (tertiary alicyclic amines) is 1. The third kappa shape index (κ3) is 2.03. The molecule has 0 aromatic rings. The molecule has 2 heterocycles. The minimum Gasteiger partial charge on any atom is -0.342 e. The molecular weight excluding hydrogens is 188 g/mol. The van der Waals surface area contributed by atoms with Crippen LogP contribution < -0.4 is 5.32 Å². The molecule has 0 aliphatic carbocycles. The monoisotopic (exact) mass is 210 g/mol. The number of hydrogen-bond donors (Lipinski definition) is 1. The zero-order chi connectivity index (χ0) is 10.7. The number of piperidine rings is 1. The summed E-state index contributed by atoms with van der Waals surface area (Å²) in [5, 5.41) is 3.34. The van der Waals surface area contributed by atoms with E-state index in [2.05, 4.69) is 17.1 Å². The van der Waals surface area contributed by atoms with Crippen molar-refractivity contribution in [3.63, 3.8) is 0 Å². The Morgan fingerprint density at radius 2 is 2.07 bits per heavy atom. The summed E-state index contributed by atoms with van der Waals surface area (Å²) in [4.78, 5) is 14.4. The van der Waals surface area contributed by atoms with E-state index in [9.17, 15) is 4.79 Å². The topological polar surface area (TPSA) is 32.3 Å². The van der Waals surface area contributed by atoms with Crippen molar-refractivity contribution in [1.82, 2.24) is 10.2 Å². The molecule has 0 aromatic heterocycles. The van der Waals surface area contributed by atoms with Crippen molar-refractivity contribution in [2.24, 2.45) is 5.41 Å². The number of nitrogens with one attached hydrogen (secondary N) is 1. The van der Waals surface area contributed by atoms with Gasteiger partial charge in [-0.2, -0.15) is 0 Å². The van der Waals surface area contributed by atoms with Crippen molar-refractivity contribution in [3.05, 3.63) is 0 Å². The van der Waals surface area contributed by atoms with E-state index in [1.165, 1.54) is 6.42 Å². The van der Waals surface area contributed by atoms with Gasteiger partial charge in [-0.25, -0.2) is 0 Å². The molecular formula is C12H22N2O. The van der Waals surface area contributed by atoms with Crippen molar-refractivity contribution < 1.29 is 4.79 Å². The highest BCUT2D eigenvalue weighted by Gasteiger charge is 2.46. The van der Waals surface area contributed by atoms with Crippen molar-refractivity contribution in [3.8, 4) is 0 Å². The van der Waals surface area contributed by atoms with Crippen LogP contribution >= 0.6 is 0 Å². The third-order valence-corrected chi connectivity index (χ3v) is 3.94. The molecule has 3 heteroatoms. The van der Waals surface area contributed by atoms with Crippen LogP contribution in [0.4, 0.5) is 0 Å². The van der Waals surface area contributed by atoms with Crippen LogP contribution in [0.5, 0.6) is 0 Å². The van der Waals surface area contributed by atoms with Crippen LogP contribution in [-0.2, 0) is 4.79 Å². The van der Waals surface area contributed by atoms with E-state index in [4.69, 9.17) is 0 Å². The molecule has 2 rings (SSSR count). The molecule has 1 amide bonds. The fourth-order valence-corrected chi connectivity index (χ4v) is 2.82. The SMILES string of the molecule is CCCCN1CCC2(CCNCC2)C1=O. The van der Waals surface area contributed by atoms with Crippen molar-refractivity contribution in [2.75, 3.05) is 26.2 Å². The molecule has 1 N–H and O–H groups in total. The van der Waals surface area contributed by atoms with Crippen LogP contribution in [0.2, 0.25) is 0 Å². The summed E-state index contributed by atoms with van der Waals surface area (Å²) in [7, 11) is 0. The lowest BCUT2D eigenvalue weighted by molar-refractivity contribution is -0.137. The van der Waals surface area contributed by atoms with Gasteiger partial charge in [0.2, 0.25) is 5.91 Å². The largest absolute Gasteiger partial charge is 0.342 e. The Bertz CT molecular complexity index is 234. The summed E-state index contributed by atoms with van der Waals surface area (Å²) >= 11 is 0. The van der Waals surface area contributed by atoms with E-state index in [0.717, 1.165) is 51.9 Å². The average Bonchev–Trinajstić information content (AvgIpc) is 2.56. The Morgan fingerprint density at radius 1 is 1.33 bits per heavy atom. The summed E-state index contributed by atoms with van der Waals surface area (Å²) in [6.07, 6.45) is 5.53. The molecule has 86 valence electrons. The normalized spacial score (nSPS) is 25.1. The van der Waals surface area contributed by atoms with Crippen LogP contribution in [0.1, 0.15) is 39.0 Å². The predicted molar refractivity (Wildman–Crippen MR) is 60.6 cm³/mol. The quantitative estimate of drug-likeness (QED) is 0.763. The predicted octanol–water partition coefficient (Wildman–Crippen LogP) is 1.39. The summed E-state index contributed by atoms with van der Waals surface area (Å²) in [5.74, 6) is 0.442. The lowest BCUT2D eigenvalue weighted by atomic mass is 9.78. The highest BCUT2D eigenvalue weighted by Crippen LogP contribution is 2.39. The number of unbranched alkanes of at least 4 members (excludes halogenated alkanes) is 1. The molecule has 0 unspecified atom stereocenters. The Labute approximate surface area is 92.2 Å². The zero-order valence-electron chi connectivity index (χ0n) is 9.72. The second-order valence-corrected chi connectivity index (χ2v) is 4.93. The standard InChI is InChI=1S/C12H22N2O/c1-2-3-9-14-10-6-12(11(14)15)4-7-13-8-5-12/h13H,2-10H2,1H3. The molecule has 0 bridgehead atoms. The minimum atomic E-state index is 0.0268. The number of rotatable bonds is 3. The number of nitrogens with zero attached hydrogens (tertiary/aromatic N) is 1. The first kappa shape index (κ1) is 10.9. The molecule has 1 spiro atoms. The Balaban J connectivity index is 1.96. The van der Waals surface area contributed by atoms with Crippen molar-refractivity contribution in [2.45, 2.75) is 39.0 Å². The molecule has 0 radical (unpaired) electrons. The molecule has 15 heavy (non-hydrogen) atoms. The van der Waals surface area contributed by atoms with Gasteiger partial charge in [-0.05, 0) is 38.8 Å². The van der Waals surface area contributed by atoms with E-state index in [0.29, 0.717) is 5.91 Å². The molecule has 0 atom stereocenters. The van der Waals surface area contributed by atoms with Gasteiger partial charge in [-0.1, -0.05) is 13.3 Å². The number of carbonyl (C=O) groups excluding carboxylic acids is 1. The van der Waals surface area contributed by atoms with Gasteiger partial charge in [0.25, 0.3) is 0 Å². The maximum Gasteiger partial charge on any atom is 0.228 e. The maximum atomic E-state index is 12.3. The number of carbonyl (C=O) groups is 1. The zero-order valence-corrected chi connectivity index (χ0v) is 9.72. The Kier molecular flexibility index (Phi) is 3.29. The molecule has 2 saturated heterocycles. The summed E-state index contributed by atoms with van der Waals surface area (Å²) in [6, 6.07) is 0. The van der Waals surface area contributed by atoms with Gasteiger partial charge in [0.15, 0.2) is 0 Å². The molecule has 2 fully saturated rings. The highest BCUT2D eigenvalue weighted by molar-refractivity contribution is 5.85. The molecule has 2 aliphatic rings. The summed E-state index contributed by atoms with van der Waals surface area (Å²) in [6.45, 7) is 6.20. The Morgan fingerprint density at radius 3 is 2.73 bits per heavy atom. The van der Waals surface area contributed by atoms with Crippen LogP contribution in [0.15, 0.2) is 0 Å². The number of hydrogen-bond acceptors (Lipinski definition) is 2. The molecule has 2 aliphatic heterocycles. The third-order valence-electron chi connectivity index (χ3n) is 3.94. The fraction of sp³-hybridized carbons (Fsp3) is 0.917. The van der Waals surface area contributed by atoms with Gasteiger partial charge in [-0.3, -0.25) is 4.79 Å². The van der Waals surface area contributed by atoms with E-state index >= 15 is 0 Å². The van der Waals surface area contributed by atoms with E-state index in [1.54, 1.807) is 0 Å². The summed E-state index contributed by atoms with van der Waals surface area (Å²) in [5.41, 5.74) is 0.0268. The van der Waals surface area contributed by atoms with Crippen LogP contribution in [-0.4, -0.2) is 37.0 Å². The highest BCUT2D eigenvalue weighted by atomic mass is 16.2. The Hall–Kier alpha value is -0.570. The second kappa shape index (κ2) is 4.52. The van der Waals surface area contributed by atoms with Gasteiger partial charge < -0.3 is 10.2 Å².